The maximum absolute atomic E-state index is 14.4. The summed E-state index contributed by atoms with van der Waals surface area (Å²) in [6.45, 7) is 4.45. The Kier molecular flexibility index (Phi) is 7.24. The Morgan fingerprint density at radius 1 is 0.966 bits per heavy atom. The molecule has 0 atom stereocenters. The SMILES string of the molecule is CC=Cc1ccc(OCC2CCC(c3ccc(OCC)cc3F)CC2)c(F)c1F. The van der Waals surface area contributed by atoms with Crippen LogP contribution in [0.3, 0.4) is 0 Å². The van der Waals surface area contributed by atoms with Crippen LogP contribution in [0.25, 0.3) is 6.08 Å². The Bertz CT molecular complexity index is 855. The molecule has 156 valence electrons. The van der Waals surface area contributed by atoms with Crippen molar-refractivity contribution in [1.29, 1.82) is 0 Å². The van der Waals surface area contributed by atoms with Gasteiger partial charge in [0.25, 0.3) is 0 Å². The number of ether oxygens (including phenoxy) is 2. The third-order valence-electron chi connectivity index (χ3n) is 5.47. The zero-order valence-corrected chi connectivity index (χ0v) is 16.9. The summed E-state index contributed by atoms with van der Waals surface area (Å²) >= 11 is 0. The molecular weight excluding hydrogens is 377 g/mol. The lowest BCUT2D eigenvalue weighted by Gasteiger charge is -2.29. The molecule has 0 radical (unpaired) electrons. The third kappa shape index (κ3) is 5.14. The van der Waals surface area contributed by atoms with E-state index in [0.717, 1.165) is 31.2 Å². The maximum Gasteiger partial charge on any atom is 0.201 e. The molecule has 0 aromatic heterocycles. The van der Waals surface area contributed by atoms with E-state index in [1.807, 2.05) is 19.1 Å². The molecule has 1 fully saturated rings. The lowest BCUT2D eigenvalue weighted by molar-refractivity contribution is 0.192. The number of rotatable bonds is 7. The van der Waals surface area contributed by atoms with Crippen LogP contribution in [0.1, 0.15) is 56.6 Å². The summed E-state index contributed by atoms with van der Waals surface area (Å²) in [6, 6.07) is 8.05. The maximum atomic E-state index is 14.4. The van der Waals surface area contributed by atoms with E-state index in [1.165, 1.54) is 24.3 Å². The fourth-order valence-electron chi connectivity index (χ4n) is 3.91. The molecular formula is C24H27F3O2. The van der Waals surface area contributed by atoms with Crippen molar-refractivity contribution in [2.24, 2.45) is 5.92 Å². The van der Waals surface area contributed by atoms with Crippen LogP contribution in [0.15, 0.2) is 36.4 Å². The second-order valence-electron chi connectivity index (χ2n) is 7.43. The summed E-state index contributed by atoms with van der Waals surface area (Å²) in [5, 5.41) is 0. The summed E-state index contributed by atoms with van der Waals surface area (Å²) in [5.41, 5.74) is 0.927. The molecule has 2 aromatic rings. The van der Waals surface area contributed by atoms with E-state index in [2.05, 4.69) is 0 Å². The van der Waals surface area contributed by atoms with E-state index >= 15 is 0 Å². The van der Waals surface area contributed by atoms with E-state index in [0.29, 0.717) is 19.0 Å². The minimum Gasteiger partial charge on any atom is -0.494 e. The predicted octanol–water partition coefficient (Wildman–Crippen LogP) is 6.89. The fraction of sp³-hybridized carbons (Fsp3) is 0.417. The van der Waals surface area contributed by atoms with Gasteiger partial charge in [0, 0.05) is 11.6 Å². The van der Waals surface area contributed by atoms with Gasteiger partial charge < -0.3 is 9.47 Å². The molecule has 0 unspecified atom stereocenters. The second-order valence-corrected chi connectivity index (χ2v) is 7.43. The molecule has 1 aliphatic carbocycles. The van der Waals surface area contributed by atoms with Gasteiger partial charge in [0.2, 0.25) is 5.82 Å². The summed E-state index contributed by atoms with van der Waals surface area (Å²) in [5.74, 6) is -1.18. The van der Waals surface area contributed by atoms with Crippen LogP contribution in [0.4, 0.5) is 13.2 Å². The Balaban J connectivity index is 1.55. The van der Waals surface area contributed by atoms with Gasteiger partial charge in [-0.1, -0.05) is 18.2 Å². The smallest absolute Gasteiger partial charge is 0.201 e. The minimum absolute atomic E-state index is 0.0598. The van der Waals surface area contributed by atoms with Crippen molar-refractivity contribution in [1.82, 2.24) is 0 Å². The molecule has 1 aliphatic rings. The summed E-state index contributed by atoms with van der Waals surface area (Å²) < 4.78 is 53.5. The topological polar surface area (TPSA) is 18.5 Å². The van der Waals surface area contributed by atoms with Gasteiger partial charge in [-0.15, -0.1) is 0 Å². The van der Waals surface area contributed by atoms with E-state index in [9.17, 15) is 13.2 Å². The first-order chi connectivity index (χ1) is 14.0. The first-order valence-corrected chi connectivity index (χ1v) is 10.2. The highest BCUT2D eigenvalue weighted by Gasteiger charge is 2.25. The van der Waals surface area contributed by atoms with Crippen LogP contribution in [0.2, 0.25) is 0 Å². The molecule has 0 bridgehead atoms. The van der Waals surface area contributed by atoms with Gasteiger partial charge >= 0.3 is 0 Å². The van der Waals surface area contributed by atoms with Crippen molar-refractivity contribution >= 4 is 6.08 Å². The van der Waals surface area contributed by atoms with Gasteiger partial charge in [0.15, 0.2) is 11.6 Å². The lowest BCUT2D eigenvalue weighted by Crippen LogP contribution is -2.20. The normalized spacial score (nSPS) is 19.5. The van der Waals surface area contributed by atoms with Crippen LogP contribution < -0.4 is 9.47 Å². The largest absolute Gasteiger partial charge is 0.494 e. The molecule has 0 saturated heterocycles. The average Bonchev–Trinajstić information content (AvgIpc) is 2.72. The van der Waals surface area contributed by atoms with Gasteiger partial charge in [-0.05, 0) is 75.1 Å². The first kappa shape index (κ1) is 21.3. The highest BCUT2D eigenvalue weighted by atomic mass is 19.2. The van der Waals surface area contributed by atoms with E-state index in [4.69, 9.17) is 9.47 Å². The van der Waals surface area contributed by atoms with Crippen LogP contribution >= 0.6 is 0 Å². The van der Waals surface area contributed by atoms with Gasteiger partial charge in [0.1, 0.15) is 11.6 Å². The van der Waals surface area contributed by atoms with E-state index in [-0.39, 0.29) is 29.0 Å². The molecule has 0 spiro atoms. The number of benzene rings is 2. The van der Waals surface area contributed by atoms with Crippen molar-refractivity contribution in [3.63, 3.8) is 0 Å². The number of allylic oxidation sites excluding steroid dienone is 1. The molecule has 0 aliphatic heterocycles. The predicted molar refractivity (Wildman–Crippen MR) is 109 cm³/mol. The molecule has 1 saturated carbocycles. The quantitative estimate of drug-likeness (QED) is 0.500. The van der Waals surface area contributed by atoms with Gasteiger partial charge in [-0.2, -0.15) is 4.39 Å². The van der Waals surface area contributed by atoms with Crippen LogP contribution in [-0.4, -0.2) is 13.2 Å². The van der Waals surface area contributed by atoms with Crippen molar-refractivity contribution in [3.05, 3.63) is 65.0 Å². The monoisotopic (exact) mass is 404 g/mol. The Morgan fingerprint density at radius 3 is 2.38 bits per heavy atom. The van der Waals surface area contributed by atoms with Crippen LogP contribution in [0.5, 0.6) is 11.5 Å². The number of hydrogen-bond acceptors (Lipinski definition) is 2. The van der Waals surface area contributed by atoms with E-state index < -0.39 is 11.6 Å². The first-order valence-electron chi connectivity index (χ1n) is 10.2. The van der Waals surface area contributed by atoms with Gasteiger partial charge in [-0.3, -0.25) is 0 Å². The van der Waals surface area contributed by atoms with E-state index in [1.54, 1.807) is 13.0 Å². The average molecular weight is 404 g/mol. The summed E-state index contributed by atoms with van der Waals surface area (Å²) in [4.78, 5) is 0. The lowest BCUT2D eigenvalue weighted by atomic mass is 9.79. The molecule has 0 amide bonds. The minimum atomic E-state index is -0.953. The molecule has 2 aromatic carbocycles. The van der Waals surface area contributed by atoms with Crippen molar-refractivity contribution in [2.45, 2.75) is 45.4 Å². The third-order valence-corrected chi connectivity index (χ3v) is 5.47. The van der Waals surface area contributed by atoms with Crippen molar-refractivity contribution in [3.8, 4) is 11.5 Å². The molecule has 3 rings (SSSR count). The summed E-state index contributed by atoms with van der Waals surface area (Å²) in [6.07, 6.45) is 6.58. The second kappa shape index (κ2) is 9.86. The molecule has 0 N–H and O–H groups in total. The molecule has 0 heterocycles. The fourth-order valence-corrected chi connectivity index (χ4v) is 3.91. The molecule has 29 heavy (non-hydrogen) atoms. The van der Waals surface area contributed by atoms with Crippen molar-refractivity contribution in [2.75, 3.05) is 13.2 Å². The Hall–Kier alpha value is -2.43. The van der Waals surface area contributed by atoms with Crippen LogP contribution in [0, 0.1) is 23.4 Å². The van der Waals surface area contributed by atoms with Gasteiger partial charge in [-0.25, -0.2) is 8.78 Å². The molecule has 2 nitrogen and oxygen atoms in total. The highest BCUT2D eigenvalue weighted by Crippen LogP contribution is 2.38. The van der Waals surface area contributed by atoms with Crippen molar-refractivity contribution < 1.29 is 22.6 Å². The Morgan fingerprint density at radius 2 is 1.72 bits per heavy atom. The highest BCUT2D eigenvalue weighted by molar-refractivity contribution is 5.51. The summed E-state index contributed by atoms with van der Waals surface area (Å²) in [7, 11) is 0. The van der Waals surface area contributed by atoms with Gasteiger partial charge in [0.05, 0.1) is 13.2 Å². The number of hydrogen-bond donors (Lipinski definition) is 0. The van der Waals surface area contributed by atoms with Crippen LogP contribution in [-0.2, 0) is 0 Å². The zero-order valence-electron chi connectivity index (χ0n) is 16.9. The molecule has 5 heteroatoms. The zero-order chi connectivity index (χ0) is 20.8. The standard InChI is InChI=1S/C24H27F3O2/c1-3-5-18-10-13-22(24(27)23(18)26)29-15-16-6-8-17(9-7-16)20-12-11-19(28-4-2)14-21(20)25/h3,5,10-14,16-17H,4,6-9,15H2,1-2H3. The number of halogens is 3. The Labute approximate surface area is 170 Å².